The lowest BCUT2D eigenvalue weighted by molar-refractivity contribution is 0.257. The summed E-state index contributed by atoms with van der Waals surface area (Å²) in [5.74, 6) is 2.10. The molecule has 0 aliphatic heterocycles. The Balaban J connectivity index is 1.96. The van der Waals surface area contributed by atoms with E-state index in [0.717, 1.165) is 23.5 Å². The Bertz CT molecular complexity index is 764. The molecule has 1 saturated carbocycles. The molecule has 0 radical (unpaired) electrons. The van der Waals surface area contributed by atoms with E-state index in [-0.39, 0.29) is 5.75 Å². The average molecular weight is 320 g/mol. The van der Waals surface area contributed by atoms with Crippen LogP contribution in [0.3, 0.4) is 0 Å². The molecule has 0 amide bonds. The molecule has 4 nitrogen and oxygen atoms in total. The number of aromatic nitrogens is 2. The Hall–Kier alpha value is -1.36. The number of imidazole rings is 1. The number of fused-ring (bicyclic) bond motifs is 1. The van der Waals surface area contributed by atoms with Crippen molar-refractivity contribution in [2.24, 2.45) is 11.8 Å². The molecule has 0 bridgehead atoms. The summed E-state index contributed by atoms with van der Waals surface area (Å²) in [7, 11) is -3.08. The van der Waals surface area contributed by atoms with Crippen molar-refractivity contribution in [3.8, 4) is 0 Å². The normalized spacial score (nSPS) is 23.0. The van der Waals surface area contributed by atoms with Crippen molar-refractivity contribution in [3.05, 3.63) is 30.1 Å². The minimum absolute atomic E-state index is 0.0178. The molecule has 0 unspecified atom stereocenters. The molecule has 0 N–H and O–H groups in total. The summed E-state index contributed by atoms with van der Waals surface area (Å²) in [6.07, 6.45) is 6.33. The van der Waals surface area contributed by atoms with Gasteiger partial charge in [-0.1, -0.05) is 31.9 Å². The zero-order valence-corrected chi connectivity index (χ0v) is 14.1. The number of hydrogen-bond donors (Lipinski definition) is 0. The van der Waals surface area contributed by atoms with Crippen LogP contribution in [-0.2, 0) is 22.1 Å². The summed E-state index contributed by atoms with van der Waals surface area (Å²) in [5.41, 5.74) is 1.95. The van der Waals surface area contributed by atoms with Crippen LogP contribution in [-0.4, -0.2) is 24.2 Å². The SMILES string of the molecule is C[C@@H]1CCC[C@H](Cn2c(CS(C)(=O)=O)nc3ccccc32)C1. The number of hydrogen-bond acceptors (Lipinski definition) is 3. The smallest absolute Gasteiger partial charge is 0.154 e. The number of sulfone groups is 1. The zero-order chi connectivity index (χ0) is 15.7. The second kappa shape index (κ2) is 6.03. The molecule has 0 spiro atoms. The molecule has 1 aromatic carbocycles. The van der Waals surface area contributed by atoms with E-state index < -0.39 is 9.84 Å². The van der Waals surface area contributed by atoms with Crippen molar-refractivity contribution in [2.75, 3.05) is 6.26 Å². The van der Waals surface area contributed by atoms with E-state index in [9.17, 15) is 8.42 Å². The molecular formula is C17H24N2O2S. The van der Waals surface area contributed by atoms with Gasteiger partial charge in [0.1, 0.15) is 11.6 Å². The van der Waals surface area contributed by atoms with Crippen molar-refractivity contribution < 1.29 is 8.42 Å². The number of rotatable bonds is 4. The highest BCUT2D eigenvalue weighted by molar-refractivity contribution is 7.89. The molecule has 1 fully saturated rings. The molecule has 5 heteroatoms. The molecule has 22 heavy (non-hydrogen) atoms. The van der Waals surface area contributed by atoms with Gasteiger partial charge >= 0.3 is 0 Å². The van der Waals surface area contributed by atoms with Crippen LogP contribution in [0.1, 0.15) is 38.4 Å². The van der Waals surface area contributed by atoms with Crippen molar-refractivity contribution in [1.29, 1.82) is 0 Å². The quantitative estimate of drug-likeness (QED) is 0.867. The van der Waals surface area contributed by atoms with Gasteiger partial charge in [-0.15, -0.1) is 0 Å². The highest BCUT2D eigenvalue weighted by atomic mass is 32.2. The first-order valence-corrected chi connectivity index (χ1v) is 10.1. The lowest BCUT2D eigenvalue weighted by Gasteiger charge is -2.27. The molecule has 1 aromatic heterocycles. The number of nitrogens with zero attached hydrogens (tertiary/aromatic N) is 2. The molecule has 0 saturated heterocycles. The van der Waals surface area contributed by atoms with Crippen LogP contribution >= 0.6 is 0 Å². The van der Waals surface area contributed by atoms with E-state index in [1.807, 2.05) is 24.3 Å². The third kappa shape index (κ3) is 3.51. The van der Waals surface area contributed by atoms with Crippen LogP contribution in [0, 0.1) is 11.8 Å². The first-order valence-electron chi connectivity index (χ1n) is 8.04. The second-order valence-electron chi connectivity index (χ2n) is 6.84. The number of benzene rings is 1. The van der Waals surface area contributed by atoms with Gasteiger partial charge in [-0.25, -0.2) is 13.4 Å². The predicted octanol–water partition coefficient (Wildman–Crippen LogP) is 3.41. The lowest BCUT2D eigenvalue weighted by Crippen LogP contribution is -2.20. The fourth-order valence-corrected chi connectivity index (χ4v) is 4.35. The molecule has 2 atom stereocenters. The zero-order valence-electron chi connectivity index (χ0n) is 13.3. The summed E-state index contributed by atoms with van der Waals surface area (Å²) in [6, 6.07) is 7.95. The first kappa shape index (κ1) is 15.5. The standard InChI is InChI=1S/C17H24N2O2S/c1-13-6-5-7-14(10-13)11-19-16-9-4-3-8-15(16)18-17(19)12-22(2,20)21/h3-4,8-9,13-14H,5-7,10-12H2,1-2H3/t13-,14+/m1/s1. The van der Waals surface area contributed by atoms with Gasteiger partial charge in [-0.2, -0.15) is 0 Å². The van der Waals surface area contributed by atoms with Crippen molar-refractivity contribution in [1.82, 2.24) is 9.55 Å². The maximum atomic E-state index is 11.7. The third-order valence-electron chi connectivity index (χ3n) is 4.61. The van der Waals surface area contributed by atoms with Gasteiger partial charge < -0.3 is 4.57 Å². The summed E-state index contributed by atoms with van der Waals surface area (Å²) >= 11 is 0. The molecule has 3 rings (SSSR count). The molecule has 1 heterocycles. The molecule has 120 valence electrons. The van der Waals surface area contributed by atoms with E-state index in [1.165, 1.54) is 31.9 Å². The van der Waals surface area contributed by atoms with E-state index in [1.54, 1.807) is 0 Å². The summed E-state index contributed by atoms with van der Waals surface area (Å²) in [5, 5.41) is 0. The molecular weight excluding hydrogens is 296 g/mol. The minimum atomic E-state index is -3.08. The van der Waals surface area contributed by atoms with Crippen LogP contribution in [0.4, 0.5) is 0 Å². The van der Waals surface area contributed by atoms with Crippen LogP contribution in [0.15, 0.2) is 24.3 Å². The Labute approximate surface area is 132 Å². The van der Waals surface area contributed by atoms with Crippen LogP contribution in [0.5, 0.6) is 0 Å². The number of para-hydroxylation sites is 2. The van der Waals surface area contributed by atoms with Gasteiger partial charge in [0.25, 0.3) is 0 Å². The van der Waals surface area contributed by atoms with Crippen LogP contribution in [0.2, 0.25) is 0 Å². The second-order valence-corrected chi connectivity index (χ2v) is 8.98. The Kier molecular flexibility index (Phi) is 4.26. The maximum absolute atomic E-state index is 11.7. The lowest BCUT2D eigenvalue weighted by atomic mass is 9.82. The van der Waals surface area contributed by atoms with Gasteiger partial charge in [0, 0.05) is 12.8 Å². The highest BCUT2D eigenvalue weighted by Crippen LogP contribution is 2.31. The van der Waals surface area contributed by atoms with Crippen LogP contribution < -0.4 is 0 Å². The Morgan fingerprint density at radius 3 is 2.77 bits per heavy atom. The Morgan fingerprint density at radius 1 is 1.27 bits per heavy atom. The Morgan fingerprint density at radius 2 is 2.05 bits per heavy atom. The summed E-state index contributed by atoms with van der Waals surface area (Å²) < 4.78 is 25.6. The largest absolute Gasteiger partial charge is 0.327 e. The summed E-state index contributed by atoms with van der Waals surface area (Å²) in [6.45, 7) is 3.20. The fraction of sp³-hybridized carbons (Fsp3) is 0.588. The third-order valence-corrected chi connectivity index (χ3v) is 5.39. The van der Waals surface area contributed by atoms with Gasteiger partial charge in [0.2, 0.25) is 0 Å². The van der Waals surface area contributed by atoms with Gasteiger partial charge in [-0.05, 0) is 36.8 Å². The topological polar surface area (TPSA) is 52.0 Å². The first-order chi connectivity index (χ1) is 10.4. The van der Waals surface area contributed by atoms with Gasteiger partial charge in [-0.3, -0.25) is 0 Å². The van der Waals surface area contributed by atoms with E-state index in [0.29, 0.717) is 11.7 Å². The van der Waals surface area contributed by atoms with E-state index in [2.05, 4.69) is 16.5 Å². The average Bonchev–Trinajstić information content (AvgIpc) is 2.75. The summed E-state index contributed by atoms with van der Waals surface area (Å²) in [4.78, 5) is 4.57. The molecule has 1 aliphatic carbocycles. The van der Waals surface area contributed by atoms with E-state index in [4.69, 9.17) is 0 Å². The van der Waals surface area contributed by atoms with Crippen molar-refractivity contribution in [3.63, 3.8) is 0 Å². The predicted molar refractivity (Wildman–Crippen MR) is 89.4 cm³/mol. The van der Waals surface area contributed by atoms with E-state index >= 15 is 0 Å². The maximum Gasteiger partial charge on any atom is 0.154 e. The highest BCUT2D eigenvalue weighted by Gasteiger charge is 2.22. The minimum Gasteiger partial charge on any atom is -0.327 e. The van der Waals surface area contributed by atoms with Crippen molar-refractivity contribution in [2.45, 2.75) is 44.9 Å². The van der Waals surface area contributed by atoms with Gasteiger partial charge in [0.15, 0.2) is 9.84 Å². The van der Waals surface area contributed by atoms with Crippen molar-refractivity contribution >= 4 is 20.9 Å². The molecule has 1 aliphatic rings. The fourth-order valence-electron chi connectivity index (χ4n) is 3.66. The molecule has 2 aromatic rings. The van der Waals surface area contributed by atoms with Crippen LogP contribution in [0.25, 0.3) is 11.0 Å². The van der Waals surface area contributed by atoms with Gasteiger partial charge in [0.05, 0.1) is 11.0 Å². The monoisotopic (exact) mass is 320 g/mol.